The largest absolute Gasteiger partial charge is 0.490 e. The second-order valence-corrected chi connectivity index (χ2v) is 7.45. The Morgan fingerprint density at radius 2 is 2.04 bits per heavy atom. The lowest BCUT2D eigenvalue weighted by molar-refractivity contribution is -0.139. The molecule has 27 heavy (non-hydrogen) atoms. The molecule has 2 fully saturated rings. The highest BCUT2D eigenvalue weighted by atomic mass is 16.6. The summed E-state index contributed by atoms with van der Waals surface area (Å²) in [5.41, 5.74) is 0.953. The first-order valence-electron chi connectivity index (χ1n) is 9.50. The topological polar surface area (TPSA) is 73.9 Å². The first-order chi connectivity index (χ1) is 13.0. The number of amides is 1. The van der Waals surface area contributed by atoms with E-state index < -0.39 is 12.1 Å². The third-order valence-electron chi connectivity index (χ3n) is 5.33. The Balaban J connectivity index is 1.38. The Labute approximate surface area is 159 Å². The minimum absolute atomic E-state index is 0.134. The molecule has 2 aliphatic rings. The number of benzene rings is 1. The van der Waals surface area contributed by atoms with E-state index in [1.807, 2.05) is 0 Å². The molecule has 2 aliphatic carbocycles. The number of fused-ring (bicyclic) bond motifs is 2. The van der Waals surface area contributed by atoms with Gasteiger partial charge in [-0.15, -0.1) is 0 Å². The molecular weight excluding hydrogens is 346 g/mol. The number of carbonyl (C=O) groups is 2. The Kier molecular flexibility index (Phi) is 6.37. The molecule has 0 aromatic heterocycles. The van der Waals surface area contributed by atoms with Gasteiger partial charge in [0.15, 0.2) is 0 Å². The van der Waals surface area contributed by atoms with Crippen LogP contribution >= 0.6 is 0 Å². The summed E-state index contributed by atoms with van der Waals surface area (Å²) in [6, 6.07) is 7.03. The van der Waals surface area contributed by atoms with Gasteiger partial charge in [0.05, 0.1) is 6.61 Å². The van der Waals surface area contributed by atoms with E-state index >= 15 is 0 Å². The Morgan fingerprint density at radius 1 is 1.19 bits per heavy atom. The molecule has 0 aliphatic heterocycles. The molecule has 0 radical (unpaired) electrons. The van der Waals surface area contributed by atoms with Gasteiger partial charge in [-0.3, -0.25) is 5.32 Å². The summed E-state index contributed by atoms with van der Waals surface area (Å²) in [5, 5.41) is 2.74. The Bertz CT molecular complexity index is 702. The highest BCUT2D eigenvalue weighted by Gasteiger charge is 2.39. The van der Waals surface area contributed by atoms with Crippen LogP contribution in [-0.2, 0) is 14.3 Å². The average Bonchev–Trinajstić information content (AvgIpc) is 3.27. The maximum absolute atomic E-state index is 12.0. The lowest BCUT2D eigenvalue weighted by Crippen LogP contribution is -2.22. The number of hydrogen-bond donors (Lipinski definition) is 1. The normalized spacial score (nSPS) is 22.9. The molecule has 2 saturated carbocycles. The summed E-state index contributed by atoms with van der Waals surface area (Å²) in [6.07, 6.45) is 4.67. The molecule has 146 valence electrons. The third kappa shape index (κ3) is 5.49. The monoisotopic (exact) mass is 373 g/mol. The number of nitrogens with one attached hydrogen (secondary N) is 1. The Morgan fingerprint density at radius 3 is 2.74 bits per heavy atom. The van der Waals surface area contributed by atoms with Crippen molar-refractivity contribution in [2.45, 2.75) is 32.6 Å². The molecule has 3 atom stereocenters. The van der Waals surface area contributed by atoms with E-state index in [1.54, 1.807) is 31.2 Å². The van der Waals surface area contributed by atoms with Crippen LogP contribution in [0.5, 0.6) is 5.75 Å². The molecule has 0 spiro atoms. The van der Waals surface area contributed by atoms with Gasteiger partial charge in [0.25, 0.3) is 0 Å². The second-order valence-electron chi connectivity index (χ2n) is 7.45. The molecule has 0 heterocycles. The highest BCUT2D eigenvalue weighted by molar-refractivity contribution is 5.87. The van der Waals surface area contributed by atoms with Gasteiger partial charge in [-0.1, -0.05) is 19.1 Å². The predicted octanol–water partition coefficient (Wildman–Crippen LogP) is 4.17. The van der Waals surface area contributed by atoms with Gasteiger partial charge in [-0.05, 0) is 56.1 Å². The molecule has 1 aromatic rings. The summed E-state index contributed by atoms with van der Waals surface area (Å²) >= 11 is 0. The van der Waals surface area contributed by atoms with Crippen LogP contribution in [0, 0.1) is 17.8 Å². The number of carbonyl (C=O) groups excluding carboxylic acids is 2. The van der Waals surface area contributed by atoms with Crippen molar-refractivity contribution in [3.63, 3.8) is 0 Å². The maximum atomic E-state index is 12.0. The fraction of sp³-hybridized carbons (Fsp3) is 0.524. The van der Waals surface area contributed by atoms with Crippen molar-refractivity contribution >= 4 is 17.7 Å². The molecule has 6 heteroatoms. The molecule has 1 aromatic carbocycles. The molecule has 1 amide bonds. The van der Waals surface area contributed by atoms with E-state index in [4.69, 9.17) is 14.2 Å². The summed E-state index contributed by atoms with van der Waals surface area (Å²) < 4.78 is 15.9. The van der Waals surface area contributed by atoms with E-state index in [0.717, 1.165) is 11.8 Å². The van der Waals surface area contributed by atoms with Crippen LogP contribution in [0.25, 0.3) is 0 Å². The van der Waals surface area contributed by atoms with E-state index in [9.17, 15) is 9.59 Å². The van der Waals surface area contributed by atoms with Gasteiger partial charge < -0.3 is 14.2 Å². The first-order valence-corrected chi connectivity index (χ1v) is 9.50. The van der Waals surface area contributed by atoms with E-state index in [-0.39, 0.29) is 13.2 Å². The van der Waals surface area contributed by atoms with Crippen LogP contribution < -0.4 is 10.1 Å². The van der Waals surface area contributed by atoms with Gasteiger partial charge >= 0.3 is 12.1 Å². The molecule has 3 unspecified atom stereocenters. The summed E-state index contributed by atoms with van der Waals surface area (Å²) in [4.78, 5) is 23.3. The van der Waals surface area contributed by atoms with Crippen LogP contribution in [0.3, 0.4) is 0 Å². The summed E-state index contributed by atoms with van der Waals surface area (Å²) in [7, 11) is 0. The number of esters is 1. The maximum Gasteiger partial charge on any atom is 0.411 e. The van der Waals surface area contributed by atoms with Crippen LogP contribution in [0.4, 0.5) is 10.5 Å². The van der Waals surface area contributed by atoms with Crippen molar-refractivity contribution < 1.29 is 23.8 Å². The molecule has 6 nitrogen and oxygen atoms in total. The third-order valence-corrected chi connectivity index (χ3v) is 5.33. The van der Waals surface area contributed by atoms with Crippen LogP contribution in [-0.4, -0.2) is 31.9 Å². The van der Waals surface area contributed by atoms with Crippen molar-refractivity contribution in [1.29, 1.82) is 0 Å². The zero-order valence-corrected chi connectivity index (χ0v) is 15.7. The van der Waals surface area contributed by atoms with Crippen LogP contribution in [0.1, 0.15) is 32.6 Å². The lowest BCUT2D eigenvalue weighted by atomic mass is 9.90. The smallest absolute Gasteiger partial charge is 0.411 e. The van der Waals surface area contributed by atoms with Gasteiger partial charge in [0.2, 0.25) is 0 Å². The van der Waals surface area contributed by atoms with E-state index in [1.165, 1.54) is 25.7 Å². The number of anilines is 1. The van der Waals surface area contributed by atoms with Gasteiger partial charge in [-0.2, -0.15) is 0 Å². The number of ether oxygens (including phenoxy) is 3. The lowest BCUT2D eigenvalue weighted by Gasteiger charge is -2.21. The van der Waals surface area contributed by atoms with Crippen molar-refractivity contribution in [3.8, 4) is 5.75 Å². The van der Waals surface area contributed by atoms with Gasteiger partial charge in [0.1, 0.15) is 19.0 Å². The molecule has 2 bridgehead atoms. The molecule has 3 rings (SSSR count). The van der Waals surface area contributed by atoms with Crippen molar-refractivity contribution in [2.24, 2.45) is 17.8 Å². The summed E-state index contributed by atoms with van der Waals surface area (Å²) in [5.74, 6) is 2.24. The fourth-order valence-electron chi connectivity index (χ4n) is 4.00. The molecule has 1 N–H and O–H groups in total. The highest BCUT2D eigenvalue weighted by Crippen LogP contribution is 2.48. The van der Waals surface area contributed by atoms with Crippen molar-refractivity contribution in [1.82, 2.24) is 0 Å². The van der Waals surface area contributed by atoms with Gasteiger partial charge in [-0.25, -0.2) is 9.59 Å². The minimum atomic E-state index is -0.440. The fourth-order valence-corrected chi connectivity index (χ4v) is 4.00. The SMILES string of the molecule is C=C(C)C(=O)OCCOc1cccc(NC(=O)OCC2CC3CCC2C3)c1. The number of hydrogen-bond acceptors (Lipinski definition) is 5. The first kappa shape index (κ1) is 19.3. The zero-order chi connectivity index (χ0) is 19.2. The second kappa shape index (κ2) is 8.93. The molecular formula is C21H27NO5. The Hall–Kier alpha value is -2.50. The van der Waals surface area contributed by atoms with Crippen LogP contribution in [0.15, 0.2) is 36.4 Å². The van der Waals surface area contributed by atoms with Crippen LogP contribution in [0.2, 0.25) is 0 Å². The van der Waals surface area contributed by atoms with E-state index in [0.29, 0.717) is 29.5 Å². The van der Waals surface area contributed by atoms with E-state index in [2.05, 4.69) is 11.9 Å². The van der Waals surface area contributed by atoms with Gasteiger partial charge in [0, 0.05) is 17.3 Å². The molecule has 0 saturated heterocycles. The number of rotatable bonds is 8. The van der Waals surface area contributed by atoms with Crippen molar-refractivity contribution in [2.75, 3.05) is 25.1 Å². The summed E-state index contributed by atoms with van der Waals surface area (Å²) in [6.45, 7) is 5.96. The minimum Gasteiger partial charge on any atom is -0.490 e. The zero-order valence-electron chi connectivity index (χ0n) is 15.7. The average molecular weight is 373 g/mol. The quantitative estimate of drug-likeness (QED) is 0.421. The standard InChI is InChI=1S/C21H27NO5/c1-14(2)20(23)26-9-8-25-19-5-3-4-18(12-19)22-21(24)27-13-17-11-15-6-7-16(17)10-15/h3-5,12,15-17H,1,6-11,13H2,2H3,(H,22,24). The predicted molar refractivity (Wildman–Crippen MR) is 102 cm³/mol. The van der Waals surface area contributed by atoms with Crippen molar-refractivity contribution in [3.05, 3.63) is 36.4 Å².